The summed E-state index contributed by atoms with van der Waals surface area (Å²) in [6, 6.07) is 4.09. The predicted molar refractivity (Wildman–Crippen MR) is 70.8 cm³/mol. The van der Waals surface area contributed by atoms with Gasteiger partial charge >= 0.3 is 0 Å². The SMILES string of the molecule is NCC1(NCc2cccs2)CCS(=O)(=O)CC1. The van der Waals surface area contributed by atoms with Crippen LogP contribution in [0.4, 0.5) is 0 Å². The molecule has 3 N–H and O–H groups in total. The number of sulfone groups is 1. The highest BCUT2D eigenvalue weighted by molar-refractivity contribution is 7.91. The van der Waals surface area contributed by atoms with Crippen LogP contribution in [0.15, 0.2) is 17.5 Å². The molecule has 1 saturated heterocycles. The average Bonchev–Trinajstić information content (AvgIpc) is 2.82. The second kappa shape index (κ2) is 5.06. The maximum Gasteiger partial charge on any atom is 0.150 e. The number of nitrogens with one attached hydrogen (secondary N) is 1. The maximum atomic E-state index is 11.4. The van der Waals surface area contributed by atoms with E-state index in [1.807, 2.05) is 11.4 Å². The van der Waals surface area contributed by atoms with Crippen LogP contribution >= 0.6 is 11.3 Å². The van der Waals surface area contributed by atoms with E-state index in [2.05, 4.69) is 11.4 Å². The van der Waals surface area contributed by atoms with E-state index in [0.717, 1.165) is 6.54 Å². The van der Waals surface area contributed by atoms with Gasteiger partial charge in [-0.25, -0.2) is 8.42 Å². The third kappa shape index (κ3) is 3.28. The van der Waals surface area contributed by atoms with E-state index in [-0.39, 0.29) is 17.0 Å². The molecule has 1 aliphatic heterocycles. The van der Waals surface area contributed by atoms with E-state index in [1.165, 1.54) is 4.88 Å². The van der Waals surface area contributed by atoms with Gasteiger partial charge in [0.1, 0.15) is 9.84 Å². The van der Waals surface area contributed by atoms with E-state index in [0.29, 0.717) is 19.4 Å². The van der Waals surface area contributed by atoms with Crippen LogP contribution in [0.3, 0.4) is 0 Å². The van der Waals surface area contributed by atoms with Gasteiger partial charge in [0.2, 0.25) is 0 Å². The van der Waals surface area contributed by atoms with Crippen LogP contribution in [0.2, 0.25) is 0 Å². The molecule has 0 saturated carbocycles. The molecule has 17 heavy (non-hydrogen) atoms. The van der Waals surface area contributed by atoms with Gasteiger partial charge in [-0.3, -0.25) is 0 Å². The first kappa shape index (κ1) is 13.0. The van der Waals surface area contributed by atoms with Gasteiger partial charge in [-0.1, -0.05) is 6.07 Å². The summed E-state index contributed by atoms with van der Waals surface area (Å²) in [5.41, 5.74) is 5.61. The highest BCUT2D eigenvalue weighted by Crippen LogP contribution is 2.23. The van der Waals surface area contributed by atoms with Crippen molar-refractivity contribution in [3.63, 3.8) is 0 Å². The van der Waals surface area contributed by atoms with Crippen molar-refractivity contribution in [2.45, 2.75) is 24.9 Å². The van der Waals surface area contributed by atoms with Crippen LogP contribution in [-0.2, 0) is 16.4 Å². The van der Waals surface area contributed by atoms with Crippen LogP contribution in [0.25, 0.3) is 0 Å². The zero-order valence-electron chi connectivity index (χ0n) is 9.69. The van der Waals surface area contributed by atoms with Gasteiger partial charge in [0.15, 0.2) is 0 Å². The van der Waals surface area contributed by atoms with Gasteiger partial charge < -0.3 is 11.1 Å². The van der Waals surface area contributed by atoms with E-state index in [1.54, 1.807) is 11.3 Å². The number of rotatable bonds is 4. The molecule has 2 heterocycles. The second-order valence-electron chi connectivity index (χ2n) is 4.57. The third-order valence-corrected chi connectivity index (χ3v) is 5.92. The molecule has 0 amide bonds. The van der Waals surface area contributed by atoms with Crippen molar-refractivity contribution in [3.8, 4) is 0 Å². The van der Waals surface area contributed by atoms with Gasteiger partial charge in [-0.05, 0) is 24.3 Å². The van der Waals surface area contributed by atoms with Crippen molar-refractivity contribution < 1.29 is 8.42 Å². The Labute approximate surface area is 106 Å². The van der Waals surface area contributed by atoms with E-state index in [4.69, 9.17) is 5.73 Å². The Morgan fingerprint density at radius 3 is 2.65 bits per heavy atom. The minimum atomic E-state index is -2.83. The minimum absolute atomic E-state index is 0.199. The van der Waals surface area contributed by atoms with Crippen molar-refractivity contribution in [1.29, 1.82) is 0 Å². The summed E-state index contributed by atoms with van der Waals surface area (Å²) < 4.78 is 22.8. The Morgan fingerprint density at radius 2 is 2.12 bits per heavy atom. The summed E-state index contributed by atoms with van der Waals surface area (Å²) in [6.07, 6.45) is 1.24. The maximum absolute atomic E-state index is 11.4. The summed E-state index contributed by atoms with van der Waals surface area (Å²) in [5.74, 6) is 0.503. The molecule has 4 nitrogen and oxygen atoms in total. The van der Waals surface area contributed by atoms with Crippen molar-refractivity contribution in [1.82, 2.24) is 5.32 Å². The fourth-order valence-corrected chi connectivity index (χ4v) is 4.32. The standard InChI is InChI=1S/C11H18N2O2S2/c12-9-11(3-6-17(14,15)7-4-11)13-8-10-2-1-5-16-10/h1-2,5,13H,3-4,6-9,12H2. The smallest absolute Gasteiger partial charge is 0.150 e. The topological polar surface area (TPSA) is 72.2 Å². The molecule has 0 unspecified atom stereocenters. The molecule has 0 radical (unpaired) electrons. The van der Waals surface area contributed by atoms with Crippen LogP contribution in [0.1, 0.15) is 17.7 Å². The van der Waals surface area contributed by atoms with Gasteiger partial charge in [-0.2, -0.15) is 0 Å². The van der Waals surface area contributed by atoms with Gasteiger partial charge in [-0.15, -0.1) is 11.3 Å². The quantitative estimate of drug-likeness (QED) is 0.849. The second-order valence-corrected chi connectivity index (χ2v) is 7.91. The summed E-state index contributed by atoms with van der Waals surface area (Å²) in [6.45, 7) is 1.27. The monoisotopic (exact) mass is 274 g/mol. The van der Waals surface area contributed by atoms with Crippen LogP contribution in [-0.4, -0.2) is 32.0 Å². The van der Waals surface area contributed by atoms with Gasteiger partial charge in [0.05, 0.1) is 11.5 Å². The molecular formula is C11H18N2O2S2. The molecule has 1 aromatic heterocycles. The molecule has 0 aliphatic carbocycles. The van der Waals surface area contributed by atoms with E-state index >= 15 is 0 Å². The fraction of sp³-hybridized carbons (Fsp3) is 0.636. The largest absolute Gasteiger partial charge is 0.329 e. The molecule has 6 heteroatoms. The average molecular weight is 274 g/mol. The lowest BCUT2D eigenvalue weighted by atomic mass is 9.92. The molecule has 1 fully saturated rings. The molecule has 0 atom stereocenters. The van der Waals surface area contributed by atoms with E-state index in [9.17, 15) is 8.42 Å². The summed E-state index contributed by atoms with van der Waals surface area (Å²) in [4.78, 5) is 1.26. The Kier molecular flexibility index (Phi) is 3.87. The van der Waals surface area contributed by atoms with Crippen LogP contribution in [0.5, 0.6) is 0 Å². The summed E-state index contributed by atoms with van der Waals surface area (Å²) in [5, 5.41) is 5.49. The molecule has 0 bridgehead atoms. The van der Waals surface area contributed by atoms with Crippen molar-refractivity contribution in [3.05, 3.63) is 22.4 Å². The Bertz CT molecular complexity index is 440. The number of hydrogen-bond donors (Lipinski definition) is 2. The fourth-order valence-electron chi connectivity index (χ4n) is 2.07. The van der Waals surface area contributed by atoms with Crippen molar-refractivity contribution in [2.24, 2.45) is 5.73 Å². The first-order valence-corrected chi connectivity index (χ1v) is 8.43. The normalized spacial score (nSPS) is 22.4. The summed E-state index contributed by atoms with van der Waals surface area (Å²) in [7, 11) is -2.83. The predicted octanol–water partition coefficient (Wildman–Crippen LogP) is 0.744. The summed E-state index contributed by atoms with van der Waals surface area (Å²) >= 11 is 1.70. The van der Waals surface area contributed by atoms with Gasteiger partial charge in [0.25, 0.3) is 0 Å². The first-order valence-electron chi connectivity index (χ1n) is 5.73. The first-order chi connectivity index (χ1) is 8.05. The third-order valence-electron chi connectivity index (χ3n) is 3.39. The zero-order valence-corrected chi connectivity index (χ0v) is 11.3. The Balaban J connectivity index is 1.96. The van der Waals surface area contributed by atoms with E-state index < -0.39 is 9.84 Å². The molecular weight excluding hydrogens is 256 g/mol. The zero-order chi connectivity index (χ0) is 12.4. The molecule has 0 spiro atoms. The highest BCUT2D eigenvalue weighted by atomic mass is 32.2. The molecule has 1 aromatic rings. The van der Waals surface area contributed by atoms with Crippen LogP contribution in [0, 0.1) is 0 Å². The van der Waals surface area contributed by atoms with Gasteiger partial charge in [0, 0.05) is 23.5 Å². The lowest BCUT2D eigenvalue weighted by Crippen LogP contribution is -2.55. The number of thiophene rings is 1. The molecule has 2 rings (SSSR count). The van der Waals surface area contributed by atoms with Crippen LogP contribution < -0.4 is 11.1 Å². The van der Waals surface area contributed by atoms with Crippen molar-refractivity contribution in [2.75, 3.05) is 18.1 Å². The lowest BCUT2D eigenvalue weighted by molar-refractivity contribution is 0.301. The minimum Gasteiger partial charge on any atom is -0.329 e. The molecule has 0 aromatic carbocycles. The molecule has 1 aliphatic rings. The number of hydrogen-bond acceptors (Lipinski definition) is 5. The highest BCUT2D eigenvalue weighted by Gasteiger charge is 2.35. The Morgan fingerprint density at radius 1 is 1.41 bits per heavy atom. The Hall–Kier alpha value is -0.430. The molecule has 96 valence electrons. The number of nitrogens with two attached hydrogens (primary N) is 1. The van der Waals surface area contributed by atoms with Crippen molar-refractivity contribution >= 4 is 21.2 Å². The lowest BCUT2D eigenvalue weighted by Gasteiger charge is -2.37.